The minimum absolute atomic E-state index is 0.120. The lowest BCUT2D eigenvalue weighted by Gasteiger charge is -2.18. The summed E-state index contributed by atoms with van der Waals surface area (Å²) >= 11 is 6.59. The van der Waals surface area contributed by atoms with E-state index in [-0.39, 0.29) is 11.0 Å². The smallest absolute Gasteiger partial charge is 0.141 e. The molecule has 6 nitrogen and oxygen atoms in total. The molecular formula is C24H20ClN5O. The molecule has 0 fully saturated rings. The molecule has 2 aromatic carbocycles. The lowest BCUT2D eigenvalue weighted by atomic mass is 9.99. The highest BCUT2D eigenvalue weighted by atomic mass is 35.5. The fourth-order valence-corrected chi connectivity index (χ4v) is 3.60. The average Bonchev–Trinajstić information content (AvgIpc) is 2.80. The van der Waals surface area contributed by atoms with E-state index in [1.54, 1.807) is 13.2 Å². The summed E-state index contributed by atoms with van der Waals surface area (Å²) in [5, 5.41) is 11.6. The van der Waals surface area contributed by atoms with Crippen molar-refractivity contribution >= 4 is 23.1 Å². The summed E-state index contributed by atoms with van der Waals surface area (Å²) in [6.45, 7) is 0. The molecule has 0 radical (unpaired) electrons. The SMILES string of the molecule is CNc1c(C(=N)N)c(-c2ccc(Oc3ccccc3)cc2)nc(Cl)c1-c1ccccn1. The number of hydrogen-bond donors (Lipinski definition) is 3. The van der Waals surface area contributed by atoms with Crippen LogP contribution < -0.4 is 15.8 Å². The van der Waals surface area contributed by atoms with Crippen LogP contribution in [0, 0.1) is 5.41 Å². The van der Waals surface area contributed by atoms with Crippen molar-refractivity contribution < 1.29 is 4.74 Å². The first-order valence-corrected chi connectivity index (χ1v) is 9.96. The quantitative estimate of drug-likeness (QED) is 0.211. The Morgan fingerprint density at radius 1 is 0.968 bits per heavy atom. The third-order valence-corrected chi connectivity index (χ3v) is 4.97. The summed E-state index contributed by atoms with van der Waals surface area (Å²) in [5.41, 5.74) is 9.55. The minimum atomic E-state index is -0.120. The van der Waals surface area contributed by atoms with Gasteiger partial charge in [0.05, 0.1) is 28.2 Å². The van der Waals surface area contributed by atoms with Gasteiger partial charge < -0.3 is 15.8 Å². The van der Waals surface area contributed by atoms with Gasteiger partial charge in [-0.25, -0.2) is 4.98 Å². The van der Waals surface area contributed by atoms with Gasteiger partial charge in [-0.15, -0.1) is 0 Å². The van der Waals surface area contributed by atoms with Crippen molar-refractivity contribution in [1.82, 2.24) is 9.97 Å². The van der Waals surface area contributed by atoms with Gasteiger partial charge in [-0.05, 0) is 48.5 Å². The summed E-state index contributed by atoms with van der Waals surface area (Å²) in [7, 11) is 1.76. The van der Waals surface area contributed by atoms with Crippen molar-refractivity contribution in [3.05, 3.63) is 89.7 Å². The number of hydrogen-bond acceptors (Lipinski definition) is 5. The Kier molecular flexibility index (Phi) is 5.82. The average molecular weight is 430 g/mol. The van der Waals surface area contributed by atoms with E-state index in [4.69, 9.17) is 27.5 Å². The summed E-state index contributed by atoms with van der Waals surface area (Å²) in [6.07, 6.45) is 1.68. The number of nitrogens with zero attached hydrogens (tertiary/aromatic N) is 2. The van der Waals surface area contributed by atoms with Crippen molar-refractivity contribution in [1.29, 1.82) is 5.41 Å². The molecule has 0 aliphatic carbocycles. The van der Waals surface area contributed by atoms with E-state index in [0.29, 0.717) is 34.0 Å². The zero-order chi connectivity index (χ0) is 21.8. The fourth-order valence-electron chi connectivity index (χ4n) is 3.33. The van der Waals surface area contributed by atoms with Gasteiger partial charge in [0.15, 0.2) is 0 Å². The number of amidine groups is 1. The second-order valence-electron chi connectivity index (χ2n) is 6.69. The summed E-state index contributed by atoms with van der Waals surface area (Å²) in [6, 6.07) is 22.5. The summed E-state index contributed by atoms with van der Waals surface area (Å²) in [5.74, 6) is 1.31. The molecular weight excluding hydrogens is 410 g/mol. The van der Waals surface area contributed by atoms with E-state index in [1.807, 2.05) is 72.8 Å². The van der Waals surface area contributed by atoms with Gasteiger partial charge in [0.1, 0.15) is 22.5 Å². The van der Waals surface area contributed by atoms with Crippen molar-refractivity contribution in [2.75, 3.05) is 12.4 Å². The van der Waals surface area contributed by atoms with Crippen LogP contribution in [0.2, 0.25) is 5.15 Å². The first-order chi connectivity index (χ1) is 15.1. The molecule has 4 rings (SSSR count). The fraction of sp³-hybridized carbons (Fsp3) is 0.0417. The first-order valence-electron chi connectivity index (χ1n) is 9.59. The molecule has 0 saturated heterocycles. The van der Waals surface area contributed by atoms with Crippen LogP contribution in [0.4, 0.5) is 5.69 Å². The molecule has 2 aromatic heterocycles. The lowest BCUT2D eigenvalue weighted by Crippen LogP contribution is -2.17. The Bertz CT molecular complexity index is 1210. The van der Waals surface area contributed by atoms with Gasteiger partial charge >= 0.3 is 0 Å². The summed E-state index contributed by atoms with van der Waals surface area (Å²) < 4.78 is 5.86. The predicted octanol–water partition coefficient (Wildman–Crippen LogP) is 5.58. The van der Waals surface area contributed by atoms with E-state index >= 15 is 0 Å². The Morgan fingerprint density at radius 3 is 2.26 bits per heavy atom. The van der Waals surface area contributed by atoms with Crippen LogP contribution in [0.25, 0.3) is 22.5 Å². The Hall–Kier alpha value is -3.90. The van der Waals surface area contributed by atoms with Crippen LogP contribution in [0.15, 0.2) is 79.0 Å². The maximum absolute atomic E-state index is 8.20. The van der Waals surface area contributed by atoms with Crippen LogP contribution in [0.3, 0.4) is 0 Å². The minimum Gasteiger partial charge on any atom is -0.457 e. The largest absolute Gasteiger partial charge is 0.457 e. The highest BCUT2D eigenvalue weighted by Crippen LogP contribution is 2.39. The monoisotopic (exact) mass is 429 g/mol. The van der Waals surface area contributed by atoms with E-state index < -0.39 is 0 Å². The number of aromatic nitrogens is 2. The number of nitrogen functional groups attached to an aromatic ring is 1. The van der Waals surface area contributed by atoms with Crippen molar-refractivity contribution in [2.45, 2.75) is 0 Å². The Morgan fingerprint density at radius 2 is 1.65 bits per heavy atom. The Balaban J connectivity index is 1.80. The van der Waals surface area contributed by atoms with Gasteiger partial charge in [-0.2, -0.15) is 0 Å². The molecule has 0 bridgehead atoms. The van der Waals surface area contributed by atoms with E-state index in [2.05, 4.69) is 15.3 Å². The molecule has 0 aliphatic rings. The standard InChI is InChI=1S/C24H20ClN5O/c1-28-22-19(18-9-5-6-14-29-18)23(25)30-21(20(22)24(26)27)15-10-12-17(13-11-15)31-16-7-3-2-4-8-16/h2-14H,1H3,(H3,26,27)(H,28,30). The van der Waals surface area contributed by atoms with Gasteiger partial charge in [0.25, 0.3) is 0 Å². The second-order valence-corrected chi connectivity index (χ2v) is 7.05. The van der Waals surface area contributed by atoms with E-state index in [1.165, 1.54) is 0 Å². The van der Waals surface area contributed by atoms with E-state index in [9.17, 15) is 0 Å². The molecule has 31 heavy (non-hydrogen) atoms. The lowest BCUT2D eigenvalue weighted by molar-refractivity contribution is 0.483. The zero-order valence-electron chi connectivity index (χ0n) is 16.8. The maximum Gasteiger partial charge on any atom is 0.141 e. The first kappa shape index (κ1) is 20.4. The Labute approximate surface area is 185 Å². The molecule has 4 aromatic rings. The van der Waals surface area contributed by atoms with Gasteiger partial charge in [-0.3, -0.25) is 10.4 Å². The molecule has 0 amide bonds. The zero-order valence-corrected chi connectivity index (χ0v) is 17.5. The third kappa shape index (κ3) is 4.20. The maximum atomic E-state index is 8.20. The normalized spacial score (nSPS) is 10.5. The number of nitrogens with two attached hydrogens (primary N) is 1. The van der Waals surface area contributed by atoms with Crippen LogP contribution >= 0.6 is 11.6 Å². The molecule has 4 N–H and O–H groups in total. The number of para-hydroxylation sites is 1. The van der Waals surface area contributed by atoms with Gasteiger partial charge in [0, 0.05) is 18.8 Å². The number of anilines is 1. The highest BCUT2D eigenvalue weighted by Gasteiger charge is 2.23. The van der Waals surface area contributed by atoms with Crippen LogP contribution in [-0.2, 0) is 0 Å². The molecule has 0 spiro atoms. The third-order valence-electron chi connectivity index (χ3n) is 4.70. The van der Waals surface area contributed by atoms with Crippen molar-refractivity contribution in [3.63, 3.8) is 0 Å². The number of ether oxygens (including phenoxy) is 1. The number of pyridine rings is 2. The van der Waals surface area contributed by atoms with Crippen molar-refractivity contribution in [3.8, 4) is 34.0 Å². The van der Waals surface area contributed by atoms with Crippen LogP contribution in [-0.4, -0.2) is 22.9 Å². The molecule has 0 saturated carbocycles. The number of nitrogens with one attached hydrogen (secondary N) is 2. The van der Waals surface area contributed by atoms with Crippen molar-refractivity contribution in [2.24, 2.45) is 5.73 Å². The number of benzene rings is 2. The molecule has 0 aliphatic heterocycles. The number of halogens is 1. The van der Waals surface area contributed by atoms with Gasteiger partial charge in [0.2, 0.25) is 0 Å². The molecule has 154 valence electrons. The number of rotatable bonds is 6. The highest BCUT2D eigenvalue weighted by molar-refractivity contribution is 6.33. The summed E-state index contributed by atoms with van der Waals surface area (Å²) in [4.78, 5) is 8.97. The van der Waals surface area contributed by atoms with E-state index in [0.717, 1.165) is 11.3 Å². The molecule has 0 atom stereocenters. The van der Waals surface area contributed by atoms with Crippen LogP contribution in [0.1, 0.15) is 5.56 Å². The predicted molar refractivity (Wildman–Crippen MR) is 125 cm³/mol. The molecule has 0 unspecified atom stereocenters. The topological polar surface area (TPSA) is 96.9 Å². The van der Waals surface area contributed by atoms with Crippen LogP contribution in [0.5, 0.6) is 11.5 Å². The molecule has 2 heterocycles. The van der Waals surface area contributed by atoms with Gasteiger partial charge in [-0.1, -0.05) is 35.9 Å². The molecule has 7 heteroatoms. The second kappa shape index (κ2) is 8.85.